The van der Waals surface area contributed by atoms with E-state index >= 15 is 0 Å². The van der Waals surface area contributed by atoms with Crippen molar-refractivity contribution in [2.45, 2.75) is 19.3 Å². The molecule has 2 aromatic heterocycles. The molecule has 0 fully saturated rings. The van der Waals surface area contributed by atoms with E-state index < -0.39 is 0 Å². The predicted octanol–water partition coefficient (Wildman–Crippen LogP) is 4.53. The molecule has 4 aromatic rings. The zero-order chi connectivity index (χ0) is 19.8. The molecule has 146 valence electrons. The molecule has 3 heterocycles. The number of benzene rings is 2. The molecule has 0 bridgehead atoms. The number of ether oxygens (including phenoxy) is 2. The van der Waals surface area contributed by atoms with Gasteiger partial charge in [-0.15, -0.1) is 0 Å². The molecule has 0 N–H and O–H groups in total. The molecule has 0 amide bonds. The van der Waals surface area contributed by atoms with Gasteiger partial charge in [0.05, 0.1) is 32.3 Å². The van der Waals surface area contributed by atoms with Crippen LogP contribution >= 0.6 is 11.6 Å². The lowest BCUT2D eigenvalue weighted by atomic mass is 10.1. The van der Waals surface area contributed by atoms with E-state index in [-0.39, 0.29) is 6.10 Å². The van der Waals surface area contributed by atoms with Crippen LogP contribution in [0.4, 0.5) is 0 Å². The third-order valence-electron chi connectivity index (χ3n) is 4.93. The van der Waals surface area contributed by atoms with Gasteiger partial charge in [-0.05, 0) is 29.8 Å². The monoisotopic (exact) mass is 408 g/mol. The van der Waals surface area contributed by atoms with Gasteiger partial charge in [0, 0.05) is 10.6 Å². The summed E-state index contributed by atoms with van der Waals surface area (Å²) < 4.78 is 18.8. The van der Waals surface area contributed by atoms with Crippen molar-refractivity contribution >= 4 is 11.6 Å². The van der Waals surface area contributed by atoms with Crippen molar-refractivity contribution in [3.8, 4) is 28.7 Å². The van der Waals surface area contributed by atoms with Crippen LogP contribution in [0.25, 0.3) is 23.0 Å². The smallest absolute Gasteiger partial charge is 0.278 e. The van der Waals surface area contributed by atoms with Crippen LogP contribution in [0.3, 0.4) is 0 Å². The lowest BCUT2D eigenvalue weighted by Crippen LogP contribution is -2.20. The van der Waals surface area contributed by atoms with Crippen molar-refractivity contribution < 1.29 is 14.0 Å². The Morgan fingerprint density at radius 1 is 1.17 bits per heavy atom. The molecular weight excluding hydrogens is 392 g/mol. The minimum absolute atomic E-state index is 0.0554. The lowest BCUT2D eigenvalue weighted by molar-refractivity contribution is 0.00328. The summed E-state index contributed by atoms with van der Waals surface area (Å²) in [5.74, 6) is 1.65. The van der Waals surface area contributed by atoms with E-state index in [1.54, 1.807) is 25.6 Å². The molecule has 29 heavy (non-hydrogen) atoms. The van der Waals surface area contributed by atoms with Crippen LogP contribution in [-0.4, -0.2) is 26.8 Å². The topological polar surface area (TPSA) is 75.2 Å². The van der Waals surface area contributed by atoms with Gasteiger partial charge in [0.25, 0.3) is 5.89 Å². The Balaban J connectivity index is 1.39. The molecule has 2 aromatic carbocycles. The summed E-state index contributed by atoms with van der Waals surface area (Å²) in [5.41, 5.74) is 3.43. The van der Waals surface area contributed by atoms with Gasteiger partial charge in [0.2, 0.25) is 5.82 Å². The molecule has 1 atom stereocenters. The molecule has 0 aliphatic carbocycles. The van der Waals surface area contributed by atoms with Crippen LogP contribution in [0.5, 0.6) is 5.75 Å². The number of hydrogen-bond acceptors (Lipinski definition) is 6. The van der Waals surface area contributed by atoms with Crippen LogP contribution in [-0.2, 0) is 17.9 Å². The van der Waals surface area contributed by atoms with E-state index in [4.69, 9.17) is 25.6 Å². The highest BCUT2D eigenvalue weighted by Gasteiger charge is 2.26. The van der Waals surface area contributed by atoms with Gasteiger partial charge in [-0.3, -0.25) is 0 Å². The quantitative estimate of drug-likeness (QED) is 0.493. The average molecular weight is 409 g/mol. The second-order valence-corrected chi connectivity index (χ2v) is 7.13. The fraction of sp³-hybridized carbons (Fsp3) is 0.190. The number of nitrogens with zero attached hydrogens (tertiary/aromatic N) is 4. The fourth-order valence-corrected chi connectivity index (χ4v) is 3.58. The molecular formula is C21H17ClN4O3. The van der Waals surface area contributed by atoms with Gasteiger partial charge in [-0.25, -0.2) is 4.98 Å². The summed E-state index contributed by atoms with van der Waals surface area (Å²) in [6.45, 7) is 1.06. The SMILES string of the molecule is COc1ccc(C2Cn3cnc(-c4nc(-c5cccc(Cl)c5)no4)c3CO2)cc1. The number of rotatable bonds is 4. The molecule has 1 aliphatic rings. The van der Waals surface area contributed by atoms with Gasteiger partial charge in [0.1, 0.15) is 11.9 Å². The van der Waals surface area contributed by atoms with Crippen LogP contribution in [0.15, 0.2) is 59.4 Å². The summed E-state index contributed by atoms with van der Waals surface area (Å²) in [6.07, 6.45) is 1.73. The first kappa shape index (κ1) is 17.9. The second-order valence-electron chi connectivity index (χ2n) is 6.70. The Hall–Kier alpha value is -3.16. The van der Waals surface area contributed by atoms with Crippen molar-refractivity contribution in [3.05, 3.63) is 71.1 Å². The standard InChI is InChI=1S/C21H17ClN4O3/c1-27-16-7-5-13(6-8-16)18-10-26-12-23-19(17(26)11-28-18)21-24-20(25-29-21)14-3-2-4-15(22)9-14/h2-9,12,18H,10-11H2,1H3. The van der Waals surface area contributed by atoms with Crippen molar-refractivity contribution in [1.82, 2.24) is 19.7 Å². The zero-order valence-corrected chi connectivity index (χ0v) is 16.3. The summed E-state index contributed by atoms with van der Waals surface area (Å²) in [5, 5.41) is 4.68. The number of hydrogen-bond donors (Lipinski definition) is 0. The first-order valence-electron chi connectivity index (χ1n) is 9.11. The van der Waals surface area contributed by atoms with Gasteiger partial charge in [0.15, 0.2) is 5.69 Å². The first-order chi connectivity index (χ1) is 14.2. The van der Waals surface area contributed by atoms with E-state index in [2.05, 4.69) is 19.7 Å². The Bertz CT molecular complexity index is 1150. The molecule has 7 nitrogen and oxygen atoms in total. The highest BCUT2D eigenvalue weighted by atomic mass is 35.5. The largest absolute Gasteiger partial charge is 0.497 e. The molecule has 0 spiro atoms. The van der Waals surface area contributed by atoms with Crippen molar-refractivity contribution in [2.75, 3.05) is 7.11 Å². The summed E-state index contributed by atoms with van der Waals surface area (Å²) >= 11 is 6.05. The maximum atomic E-state index is 6.08. The molecule has 8 heteroatoms. The van der Waals surface area contributed by atoms with Crippen molar-refractivity contribution in [2.24, 2.45) is 0 Å². The van der Waals surface area contributed by atoms with Gasteiger partial charge in [-0.1, -0.05) is 41.0 Å². The van der Waals surface area contributed by atoms with Gasteiger partial charge < -0.3 is 18.6 Å². The average Bonchev–Trinajstić information content (AvgIpc) is 3.40. The number of halogens is 1. The summed E-state index contributed by atoms with van der Waals surface area (Å²) in [7, 11) is 1.65. The summed E-state index contributed by atoms with van der Waals surface area (Å²) in [4.78, 5) is 8.98. The molecule has 0 radical (unpaired) electrons. The molecule has 0 saturated heterocycles. The fourth-order valence-electron chi connectivity index (χ4n) is 3.39. The zero-order valence-electron chi connectivity index (χ0n) is 15.6. The minimum atomic E-state index is -0.0554. The first-order valence-corrected chi connectivity index (χ1v) is 9.48. The number of fused-ring (bicyclic) bond motifs is 1. The third kappa shape index (κ3) is 3.39. The van der Waals surface area contributed by atoms with Gasteiger partial charge >= 0.3 is 0 Å². The normalized spacial score (nSPS) is 15.9. The molecule has 5 rings (SSSR count). The van der Waals surface area contributed by atoms with E-state index in [0.717, 1.165) is 22.6 Å². The molecule has 1 aliphatic heterocycles. The Labute approximate surface area is 171 Å². The van der Waals surface area contributed by atoms with Crippen LogP contribution in [0.1, 0.15) is 17.4 Å². The number of methoxy groups -OCH3 is 1. The van der Waals surface area contributed by atoms with E-state index in [0.29, 0.717) is 35.6 Å². The molecule has 0 saturated carbocycles. The Kier molecular flexibility index (Phi) is 4.54. The van der Waals surface area contributed by atoms with Crippen LogP contribution in [0, 0.1) is 0 Å². The lowest BCUT2D eigenvalue weighted by Gasteiger charge is -2.25. The number of imidazole rings is 1. The molecule has 1 unspecified atom stereocenters. The maximum absolute atomic E-state index is 6.08. The maximum Gasteiger partial charge on any atom is 0.278 e. The third-order valence-corrected chi connectivity index (χ3v) is 5.16. The van der Waals surface area contributed by atoms with Crippen molar-refractivity contribution in [1.29, 1.82) is 0 Å². The Morgan fingerprint density at radius 3 is 2.83 bits per heavy atom. The second kappa shape index (κ2) is 7.35. The Morgan fingerprint density at radius 2 is 2.03 bits per heavy atom. The van der Waals surface area contributed by atoms with Crippen LogP contribution in [0.2, 0.25) is 5.02 Å². The highest BCUT2D eigenvalue weighted by Crippen LogP contribution is 2.32. The van der Waals surface area contributed by atoms with E-state index in [9.17, 15) is 0 Å². The minimum Gasteiger partial charge on any atom is -0.497 e. The number of aromatic nitrogens is 4. The highest BCUT2D eigenvalue weighted by molar-refractivity contribution is 6.30. The van der Waals surface area contributed by atoms with Crippen molar-refractivity contribution in [3.63, 3.8) is 0 Å². The van der Waals surface area contributed by atoms with E-state index in [1.165, 1.54) is 0 Å². The van der Waals surface area contributed by atoms with E-state index in [1.807, 2.05) is 36.4 Å². The van der Waals surface area contributed by atoms with Gasteiger partial charge in [-0.2, -0.15) is 4.98 Å². The van der Waals surface area contributed by atoms with Crippen LogP contribution < -0.4 is 4.74 Å². The predicted molar refractivity (Wildman–Crippen MR) is 106 cm³/mol. The summed E-state index contributed by atoms with van der Waals surface area (Å²) in [6, 6.07) is 15.2.